The molecule has 0 aliphatic rings. The van der Waals surface area contributed by atoms with Crippen molar-refractivity contribution in [1.82, 2.24) is 25.4 Å². The Balaban J connectivity index is 0.00000220. The number of guanidine groups is 1. The first-order valence-electron chi connectivity index (χ1n) is 6.81. The Kier molecular flexibility index (Phi) is 7.73. The minimum atomic E-state index is 0. The summed E-state index contributed by atoms with van der Waals surface area (Å²) in [5.74, 6) is 1.60. The van der Waals surface area contributed by atoms with Gasteiger partial charge in [0.15, 0.2) is 11.8 Å². The van der Waals surface area contributed by atoms with Crippen molar-refractivity contribution in [3.63, 3.8) is 0 Å². The van der Waals surface area contributed by atoms with E-state index in [-0.39, 0.29) is 24.0 Å². The number of para-hydroxylation sites is 1. The first kappa shape index (κ1) is 17.4. The van der Waals surface area contributed by atoms with Gasteiger partial charge in [0, 0.05) is 18.8 Å². The number of halogens is 1. The van der Waals surface area contributed by atoms with E-state index in [0.717, 1.165) is 30.6 Å². The van der Waals surface area contributed by atoms with Crippen molar-refractivity contribution in [1.29, 1.82) is 0 Å². The first-order valence-corrected chi connectivity index (χ1v) is 6.81. The lowest BCUT2D eigenvalue weighted by Crippen LogP contribution is -2.37. The molecule has 0 aliphatic carbocycles. The molecule has 21 heavy (non-hydrogen) atoms. The number of hydrogen-bond acceptors (Lipinski definition) is 3. The molecule has 0 saturated heterocycles. The van der Waals surface area contributed by atoms with Gasteiger partial charge in [0.25, 0.3) is 0 Å². The van der Waals surface area contributed by atoms with E-state index in [1.807, 2.05) is 48.7 Å². The molecule has 0 unspecified atom stereocenters. The van der Waals surface area contributed by atoms with E-state index in [1.165, 1.54) is 0 Å². The van der Waals surface area contributed by atoms with Gasteiger partial charge >= 0.3 is 0 Å². The van der Waals surface area contributed by atoms with Crippen LogP contribution in [0.1, 0.15) is 19.7 Å². The van der Waals surface area contributed by atoms with Crippen molar-refractivity contribution in [2.75, 3.05) is 13.1 Å². The van der Waals surface area contributed by atoms with Crippen LogP contribution in [0.4, 0.5) is 0 Å². The summed E-state index contributed by atoms with van der Waals surface area (Å²) in [5.41, 5.74) is 1.04. The van der Waals surface area contributed by atoms with Gasteiger partial charge in [-0.1, -0.05) is 18.2 Å². The lowest BCUT2D eigenvalue weighted by Gasteiger charge is -2.09. The zero-order valence-corrected chi connectivity index (χ0v) is 14.6. The van der Waals surface area contributed by atoms with E-state index in [2.05, 4.69) is 25.8 Å². The SMILES string of the molecule is CCNC(=NCc1nncn1-c1ccccc1)NCC.I. The Labute approximate surface area is 142 Å². The molecule has 2 N–H and O–H groups in total. The highest BCUT2D eigenvalue weighted by molar-refractivity contribution is 14.0. The minimum absolute atomic E-state index is 0. The van der Waals surface area contributed by atoms with E-state index < -0.39 is 0 Å². The number of aliphatic imine (C=N–C) groups is 1. The van der Waals surface area contributed by atoms with Crippen LogP contribution in [0.25, 0.3) is 5.69 Å². The summed E-state index contributed by atoms with van der Waals surface area (Å²) in [7, 11) is 0. The Morgan fingerprint density at radius 1 is 1.14 bits per heavy atom. The van der Waals surface area contributed by atoms with Crippen molar-refractivity contribution in [3.8, 4) is 5.69 Å². The molecule has 0 aliphatic heterocycles. The Bertz CT molecular complexity index is 544. The predicted octanol–water partition coefficient (Wildman–Crippen LogP) is 1.96. The van der Waals surface area contributed by atoms with Crippen molar-refractivity contribution in [3.05, 3.63) is 42.5 Å². The number of aromatic nitrogens is 3. The molecule has 1 aromatic heterocycles. The summed E-state index contributed by atoms with van der Waals surface area (Å²) < 4.78 is 1.94. The molecule has 0 amide bonds. The summed E-state index contributed by atoms with van der Waals surface area (Å²) in [6.07, 6.45) is 1.71. The van der Waals surface area contributed by atoms with Crippen LogP contribution >= 0.6 is 24.0 Å². The number of nitrogens with one attached hydrogen (secondary N) is 2. The molecule has 1 heterocycles. The van der Waals surface area contributed by atoms with Crippen molar-refractivity contribution in [2.45, 2.75) is 20.4 Å². The van der Waals surface area contributed by atoms with Gasteiger partial charge in [-0.05, 0) is 26.0 Å². The molecule has 0 bridgehead atoms. The van der Waals surface area contributed by atoms with Crippen LogP contribution in [0, 0.1) is 0 Å². The normalized spacial score (nSPS) is 9.62. The maximum absolute atomic E-state index is 4.50. The van der Waals surface area contributed by atoms with Crippen LogP contribution in [-0.4, -0.2) is 33.8 Å². The second-order valence-electron chi connectivity index (χ2n) is 4.18. The molecule has 0 spiro atoms. The van der Waals surface area contributed by atoms with E-state index in [9.17, 15) is 0 Å². The zero-order valence-electron chi connectivity index (χ0n) is 12.3. The molecule has 0 saturated carbocycles. The number of nitrogens with zero attached hydrogens (tertiary/aromatic N) is 4. The quantitative estimate of drug-likeness (QED) is 0.458. The maximum atomic E-state index is 4.50. The lowest BCUT2D eigenvalue weighted by molar-refractivity contribution is 0.808. The van der Waals surface area contributed by atoms with Crippen molar-refractivity contribution in [2.24, 2.45) is 4.99 Å². The molecular formula is C14H21IN6. The highest BCUT2D eigenvalue weighted by Crippen LogP contribution is 2.09. The smallest absolute Gasteiger partial charge is 0.191 e. The molecule has 6 nitrogen and oxygen atoms in total. The van der Waals surface area contributed by atoms with E-state index in [1.54, 1.807) is 6.33 Å². The average molecular weight is 400 g/mol. The van der Waals surface area contributed by atoms with Crippen LogP contribution in [-0.2, 0) is 6.54 Å². The third kappa shape index (κ3) is 5.00. The summed E-state index contributed by atoms with van der Waals surface area (Å²) in [6, 6.07) is 10.0. The number of benzene rings is 1. The fourth-order valence-electron chi connectivity index (χ4n) is 1.83. The molecular weight excluding hydrogens is 379 g/mol. The van der Waals surface area contributed by atoms with Crippen LogP contribution < -0.4 is 10.6 Å². The molecule has 2 rings (SSSR count). The van der Waals surface area contributed by atoms with E-state index in [4.69, 9.17) is 0 Å². The van der Waals surface area contributed by atoms with Crippen molar-refractivity contribution >= 4 is 29.9 Å². The number of hydrogen-bond donors (Lipinski definition) is 2. The van der Waals surface area contributed by atoms with Crippen molar-refractivity contribution < 1.29 is 0 Å². The van der Waals surface area contributed by atoms with Gasteiger partial charge in [-0.15, -0.1) is 34.2 Å². The second-order valence-corrected chi connectivity index (χ2v) is 4.18. The summed E-state index contributed by atoms with van der Waals surface area (Å²) in [5, 5.41) is 14.5. The molecule has 2 aromatic rings. The molecule has 7 heteroatoms. The van der Waals surface area contributed by atoms with Crippen LogP contribution in [0.5, 0.6) is 0 Å². The Morgan fingerprint density at radius 2 is 1.81 bits per heavy atom. The van der Waals surface area contributed by atoms with Gasteiger partial charge in [-0.2, -0.15) is 0 Å². The summed E-state index contributed by atoms with van der Waals surface area (Å²) >= 11 is 0. The van der Waals surface area contributed by atoms with Gasteiger partial charge in [0.2, 0.25) is 0 Å². The highest BCUT2D eigenvalue weighted by atomic mass is 127. The largest absolute Gasteiger partial charge is 0.357 e. The topological polar surface area (TPSA) is 67.1 Å². The van der Waals surface area contributed by atoms with Crippen LogP contribution in [0.2, 0.25) is 0 Å². The van der Waals surface area contributed by atoms with Crippen LogP contribution in [0.3, 0.4) is 0 Å². The van der Waals surface area contributed by atoms with Gasteiger partial charge < -0.3 is 10.6 Å². The van der Waals surface area contributed by atoms with E-state index >= 15 is 0 Å². The van der Waals surface area contributed by atoms with Gasteiger partial charge in [0.05, 0.1) is 0 Å². The lowest BCUT2D eigenvalue weighted by atomic mass is 10.3. The zero-order chi connectivity index (χ0) is 14.2. The summed E-state index contributed by atoms with van der Waals surface area (Å²) in [4.78, 5) is 4.50. The third-order valence-electron chi connectivity index (χ3n) is 2.72. The average Bonchev–Trinajstić information content (AvgIpc) is 2.94. The fourth-order valence-corrected chi connectivity index (χ4v) is 1.83. The molecule has 0 radical (unpaired) electrons. The minimum Gasteiger partial charge on any atom is -0.357 e. The van der Waals surface area contributed by atoms with Gasteiger partial charge in [0.1, 0.15) is 12.9 Å². The predicted molar refractivity (Wildman–Crippen MR) is 95.3 cm³/mol. The standard InChI is InChI=1S/C14H20N6.HI/c1-3-15-14(16-4-2)17-10-13-19-18-11-20(13)12-8-6-5-7-9-12;/h5-9,11H,3-4,10H2,1-2H3,(H2,15,16,17);1H. The fraction of sp³-hybridized carbons (Fsp3) is 0.357. The number of rotatable bonds is 5. The Hall–Kier alpha value is -1.64. The van der Waals surface area contributed by atoms with E-state index in [0.29, 0.717) is 6.54 Å². The highest BCUT2D eigenvalue weighted by Gasteiger charge is 2.05. The second kappa shape index (κ2) is 9.32. The van der Waals surface area contributed by atoms with Gasteiger partial charge in [-0.25, -0.2) is 4.99 Å². The van der Waals surface area contributed by atoms with Crippen LogP contribution in [0.15, 0.2) is 41.7 Å². The summed E-state index contributed by atoms with van der Waals surface area (Å²) in [6.45, 7) is 6.22. The molecule has 1 aromatic carbocycles. The molecule has 0 atom stereocenters. The molecule has 0 fully saturated rings. The monoisotopic (exact) mass is 400 g/mol. The first-order chi connectivity index (χ1) is 9.85. The molecule has 114 valence electrons. The third-order valence-corrected chi connectivity index (χ3v) is 2.72. The Morgan fingerprint density at radius 3 is 2.43 bits per heavy atom. The maximum Gasteiger partial charge on any atom is 0.191 e. The van der Waals surface area contributed by atoms with Gasteiger partial charge in [-0.3, -0.25) is 4.57 Å².